The lowest BCUT2D eigenvalue weighted by Crippen LogP contribution is -2.60. The summed E-state index contributed by atoms with van der Waals surface area (Å²) < 4.78 is 29.3. The minimum atomic E-state index is -3.33. The van der Waals surface area contributed by atoms with E-state index >= 15 is 0 Å². The lowest BCUT2D eigenvalue weighted by atomic mass is 9.69. The topological polar surface area (TPSA) is 119 Å². The van der Waals surface area contributed by atoms with E-state index in [1.165, 1.54) is 4.31 Å². The first kappa shape index (κ1) is 28.0. The van der Waals surface area contributed by atoms with Crippen LogP contribution in [0.5, 0.6) is 5.88 Å². The molecule has 1 aliphatic carbocycles. The number of hydrogen-bond donors (Lipinski definition) is 3. The molecule has 4 aromatic rings. The second kappa shape index (κ2) is 10.3. The van der Waals surface area contributed by atoms with Crippen molar-refractivity contribution in [3.05, 3.63) is 90.8 Å². The van der Waals surface area contributed by atoms with Gasteiger partial charge in [0.05, 0.1) is 23.1 Å². The van der Waals surface area contributed by atoms with E-state index in [9.17, 15) is 19.0 Å². The molecule has 0 unspecified atom stereocenters. The fourth-order valence-corrected chi connectivity index (χ4v) is 7.39. The van der Waals surface area contributed by atoms with Crippen LogP contribution in [0.2, 0.25) is 0 Å². The average Bonchev–Trinajstić information content (AvgIpc) is 2.94. The Morgan fingerprint density at radius 1 is 1.00 bits per heavy atom. The smallest absolute Gasteiger partial charge is 0.408 e. The molecule has 2 aromatic heterocycles. The fourth-order valence-electron chi connectivity index (χ4n) is 6.13. The van der Waals surface area contributed by atoms with Crippen LogP contribution in [0.4, 0.5) is 16.2 Å². The van der Waals surface area contributed by atoms with Crippen molar-refractivity contribution < 1.29 is 23.7 Å². The van der Waals surface area contributed by atoms with E-state index in [0.717, 1.165) is 41.5 Å². The molecule has 6 rings (SSSR count). The SMILES string of the molecule is CC(C)(C)N(C(=O)O)C1(c2ccc(-c3nc4c(cc3-c3ccccc3)N(c3cccnc3)S(O)(O)CO4)cc2)CCC1. The summed E-state index contributed by atoms with van der Waals surface area (Å²) in [5.74, 6) is -0.0465. The van der Waals surface area contributed by atoms with Gasteiger partial charge in [0.2, 0.25) is 5.88 Å². The molecule has 2 aromatic carbocycles. The van der Waals surface area contributed by atoms with Gasteiger partial charge in [-0.2, -0.15) is 0 Å². The predicted octanol–water partition coefficient (Wildman–Crippen LogP) is 8.12. The molecule has 0 bridgehead atoms. The van der Waals surface area contributed by atoms with Gasteiger partial charge in [-0.05, 0) is 69.4 Å². The van der Waals surface area contributed by atoms with Crippen LogP contribution in [-0.4, -0.2) is 46.7 Å². The summed E-state index contributed by atoms with van der Waals surface area (Å²) >= 11 is 0. The summed E-state index contributed by atoms with van der Waals surface area (Å²) in [6.07, 6.45) is 4.79. The van der Waals surface area contributed by atoms with Crippen LogP contribution < -0.4 is 9.04 Å². The van der Waals surface area contributed by atoms with Gasteiger partial charge in [0.15, 0.2) is 5.94 Å². The molecular formula is C32H34N4O5S. The molecule has 10 heteroatoms. The van der Waals surface area contributed by atoms with Crippen molar-refractivity contribution in [1.29, 1.82) is 0 Å². The largest absolute Gasteiger partial charge is 0.465 e. The molecular weight excluding hydrogens is 552 g/mol. The Balaban J connectivity index is 1.48. The highest BCUT2D eigenvalue weighted by molar-refractivity contribution is 8.25. The van der Waals surface area contributed by atoms with Crippen LogP contribution in [0, 0.1) is 0 Å². The molecule has 42 heavy (non-hydrogen) atoms. The van der Waals surface area contributed by atoms with Crippen molar-refractivity contribution in [3.8, 4) is 28.3 Å². The number of carboxylic acid groups (broad SMARTS) is 1. The van der Waals surface area contributed by atoms with E-state index in [1.807, 2.05) is 81.4 Å². The minimum absolute atomic E-state index is 0.282. The Hall–Kier alpha value is -4.12. The number of benzene rings is 2. The second-order valence-corrected chi connectivity index (χ2v) is 13.6. The summed E-state index contributed by atoms with van der Waals surface area (Å²) in [4.78, 5) is 23.1. The molecule has 0 radical (unpaired) electrons. The maximum Gasteiger partial charge on any atom is 0.408 e. The molecule has 0 spiro atoms. The number of pyridine rings is 2. The van der Waals surface area contributed by atoms with E-state index in [-0.39, 0.29) is 11.8 Å². The lowest BCUT2D eigenvalue weighted by Gasteiger charge is -2.54. The highest BCUT2D eigenvalue weighted by atomic mass is 32.3. The highest BCUT2D eigenvalue weighted by Crippen LogP contribution is 2.58. The summed E-state index contributed by atoms with van der Waals surface area (Å²) in [7, 11) is -3.33. The quantitative estimate of drug-likeness (QED) is 0.214. The fraction of sp³-hybridized carbons (Fsp3) is 0.281. The summed E-state index contributed by atoms with van der Waals surface area (Å²) in [5.41, 5.74) is 3.98. The maximum atomic E-state index is 12.4. The second-order valence-electron chi connectivity index (χ2n) is 11.7. The van der Waals surface area contributed by atoms with Crippen molar-refractivity contribution in [2.75, 3.05) is 10.2 Å². The standard InChI is InChI=1S/C32H34N4O5S/c1-31(2,3)36(30(37)38)32(16-8-17-32)24-14-12-23(13-15-24)28-26(22-9-5-4-6-10-22)19-27-29(34-28)41-21-42(39,40)35(27)25-11-7-18-33-20-25/h4-7,9-15,18-20,39-40H,8,16-17,21H2,1-3H3,(H,37,38). The number of nitrogens with zero attached hydrogens (tertiary/aromatic N) is 4. The Morgan fingerprint density at radius 2 is 1.71 bits per heavy atom. The zero-order valence-corrected chi connectivity index (χ0v) is 24.6. The monoisotopic (exact) mass is 586 g/mol. The average molecular weight is 587 g/mol. The number of carbonyl (C=O) groups is 1. The normalized spacial score (nSPS) is 17.8. The third kappa shape index (κ3) is 4.75. The first-order chi connectivity index (χ1) is 20.0. The minimum Gasteiger partial charge on any atom is -0.465 e. The zero-order chi connectivity index (χ0) is 29.7. The van der Waals surface area contributed by atoms with Gasteiger partial charge in [-0.15, -0.1) is 0 Å². The number of ether oxygens (including phenoxy) is 1. The Kier molecular flexibility index (Phi) is 6.87. The molecule has 1 fully saturated rings. The highest BCUT2D eigenvalue weighted by Gasteiger charge is 2.50. The first-order valence-corrected chi connectivity index (χ1v) is 15.5. The van der Waals surface area contributed by atoms with Gasteiger partial charge in [0.25, 0.3) is 0 Å². The Morgan fingerprint density at radius 3 is 2.29 bits per heavy atom. The molecule has 2 aliphatic rings. The van der Waals surface area contributed by atoms with Crippen LogP contribution in [0.15, 0.2) is 85.2 Å². The maximum absolute atomic E-state index is 12.4. The zero-order valence-electron chi connectivity index (χ0n) is 23.8. The summed E-state index contributed by atoms with van der Waals surface area (Å²) in [5, 5.41) is 10.2. The van der Waals surface area contributed by atoms with Crippen LogP contribution in [0.1, 0.15) is 45.6 Å². The summed E-state index contributed by atoms with van der Waals surface area (Å²) in [6, 6.07) is 23.1. The first-order valence-electron chi connectivity index (χ1n) is 13.8. The molecule has 3 N–H and O–H groups in total. The Labute approximate surface area is 246 Å². The molecule has 0 atom stereocenters. The van der Waals surface area contributed by atoms with Crippen molar-refractivity contribution in [3.63, 3.8) is 0 Å². The molecule has 218 valence electrons. The van der Waals surface area contributed by atoms with Gasteiger partial charge in [-0.1, -0.05) is 65.4 Å². The lowest BCUT2D eigenvalue weighted by molar-refractivity contribution is -0.0328. The van der Waals surface area contributed by atoms with Crippen LogP contribution in [-0.2, 0) is 5.54 Å². The molecule has 1 aliphatic heterocycles. The van der Waals surface area contributed by atoms with Crippen LogP contribution in [0.3, 0.4) is 0 Å². The van der Waals surface area contributed by atoms with Crippen LogP contribution in [0.25, 0.3) is 22.4 Å². The van der Waals surface area contributed by atoms with E-state index in [0.29, 0.717) is 17.1 Å². The van der Waals surface area contributed by atoms with Crippen molar-refractivity contribution in [2.45, 2.75) is 51.1 Å². The number of hydrogen-bond acceptors (Lipinski definition) is 7. The van der Waals surface area contributed by atoms with E-state index < -0.39 is 27.9 Å². The van der Waals surface area contributed by atoms with Crippen molar-refractivity contribution in [2.24, 2.45) is 0 Å². The molecule has 3 heterocycles. The van der Waals surface area contributed by atoms with Gasteiger partial charge in [-0.25, -0.2) is 14.1 Å². The van der Waals surface area contributed by atoms with Gasteiger partial charge in [0.1, 0.15) is 5.69 Å². The Bertz CT molecular complexity index is 1600. The van der Waals surface area contributed by atoms with Crippen molar-refractivity contribution >= 4 is 28.2 Å². The number of rotatable bonds is 5. The molecule has 9 nitrogen and oxygen atoms in total. The van der Waals surface area contributed by atoms with Crippen molar-refractivity contribution in [1.82, 2.24) is 14.9 Å². The van der Waals surface area contributed by atoms with E-state index in [4.69, 9.17) is 9.72 Å². The van der Waals surface area contributed by atoms with Gasteiger partial charge in [-0.3, -0.25) is 19.0 Å². The van der Waals surface area contributed by atoms with E-state index in [2.05, 4.69) is 4.98 Å². The van der Waals surface area contributed by atoms with E-state index in [1.54, 1.807) is 29.4 Å². The molecule has 0 saturated heterocycles. The van der Waals surface area contributed by atoms with Gasteiger partial charge in [0, 0.05) is 22.9 Å². The van der Waals surface area contributed by atoms with Gasteiger partial charge >= 0.3 is 6.09 Å². The predicted molar refractivity (Wildman–Crippen MR) is 165 cm³/mol. The number of fused-ring (bicyclic) bond motifs is 1. The third-order valence-corrected chi connectivity index (χ3v) is 9.39. The number of amides is 1. The molecule has 1 amide bonds. The molecule has 1 saturated carbocycles. The van der Waals surface area contributed by atoms with Gasteiger partial charge < -0.3 is 9.84 Å². The summed E-state index contributed by atoms with van der Waals surface area (Å²) in [6.45, 7) is 5.80. The number of anilines is 2. The van der Waals surface area contributed by atoms with Crippen LogP contribution >= 0.6 is 10.8 Å². The number of aromatic nitrogens is 2. The third-order valence-electron chi connectivity index (χ3n) is 7.97.